The van der Waals surface area contributed by atoms with Crippen molar-refractivity contribution in [2.45, 2.75) is 19.7 Å². The van der Waals surface area contributed by atoms with E-state index in [0.29, 0.717) is 5.52 Å². The van der Waals surface area contributed by atoms with Crippen LogP contribution in [0.25, 0.3) is 17.1 Å². The molecule has 3 aromatic rings. The van der Waals surface area contributed by atoms with Crippen LogP contribution in [0.5, 0.6) is 5.75 Å². The topological polar surface area (TPSA) is 47.4 Å². The SMILES string of the molecule is CN(Cc1nc2ccccc2n1C(F)F)C(=O)/C=C/c1ccccc1OC(F)F. The summed E-state index contributed by atoms with van der Waals surface area (Å²) in [7, 11) is 1.43. The lowest BCUT2D eigenvalue weighted by molar-refractivity contribution is -0.125. The van der Waals surface area contributed by atoms with E-state index in [2.05, 4.69) is 9.72 Å². The summed E-state index contributed by atoms with van der Waals surface area (Å²) in [5.41, 5.74) is 0.957. The number of nitrogens with zero attached hydrogens (tertiary/aromatic N) is 3. The number of benzene rings is 2. The van der Waals surface area contributed by atoms with E-state index in [9.17, 15) is 22.4 Å². The maximum atomic E-state index is 13.5. The second-order valence-electron chi connectivity index (χ2n) is 6.11. The lowest BCUT2D eigenvalue weighted by atomic mass is 10.2. The van der Waals surface area contributed by atoms with E-state index in [4.69, 9.17) is 0 Å². The van der Waals surface area contributed by atoms with Crippen LogP contribution in [0, 0.1) is 0 Å². The van der Waals surface area contributed by atoms with E-state index in [1.807, 2.05) is 0 Å². The van der Waals surface area contributed by atoms with Gasteiger partial charge in [-0.05, 0) is 24.3 Å². The Hall–Kier alpha value is -3.36. The number of halogens is 4. The van der Waals surface area contributed by atoms with E-state index in [0.717, 1.165) is 10.6 Å². The minimum atomic E-state index is -3.00. The van der Waals surface area contributed by atoms with Crippen molar-refractivity contribution in [3.8, 4) is 5.75 Å². The first-order chi connectivity index (χ1) is 13.9. The molecule has 29 heavy (non-hydrogen) atoms. The van der Waals surface area contributed by atoms with Crippen LogP contribution >= 0.6 is 0 Å². The Morgan fingerprint density at radius 2 is 1.83 bits per heavy atom. The first-order valence-corrected chi connectivity index (χ1v) is 8.58. The predicted octanol–water partition coefficient (Wildman–Crippen LogP) is 4.70. The average Bonchev–Trinajstić information content (AvgIpc) is 3.04. The number of imidazole rings is 1. The third-order valence-corrected chi connectivity index (χ3v) is 4.16. The molecule has 0 saturated heterocycles. The summed E-state index contributed by atoms with van der Waals surface area (Å²) in [6.07, 6.45) is 2.48. The molecule has 0 unspecified atom stereocenters. The maximum Gasteiger partial charge on any atom is 0.387 e. The van der Waals surface area contributed by atoms with E-state index in [1.54, 1.807) is 24.3 Å². The molecule has 0 aliphatic carbocycles. The minimum Gasteiger partial charge on any atom is -0.434 e. The fourth-order valence-corrected chi connectivity index (χ4v) is 2.82. The summed E-state index contributed by atoms with van der Waals surface area (Å²) in [5, 5.41) is 0. The Morgan fingerprint density at radius 1 is 1.14 bits per heavy atom. The van der Waals surface area contributed by atoms with Crippen molar-refractivity contribution in [2.75, 3.05) is 7.05 Å². The zero-order chi connectivity index (χ0) is 21.0. The highest BCUT2D eigenvalue weighted by atomic mass is 19.3. The summed E-state index contributed by atoms with van der Waals surface area (Å²) in [5.74, 6) is -0.551. The summed E-state index contributed by atoms with van der Waals surface area (Å²) in [4.78, 5) is 17.8. The number of hydrogen-bond donors (Lipinski definition) is 0. The lowest BCUT2D eigenvalue weighted by Gasteiger charge is -2.16. The van der Waals surface area contributed by atoms with Crippen molar-refractivity contribution in [1.82, 2.24) is 14.5 Å². The van der Waals surface area contributed by atoms with Gasteiger partial charge in [-0.1, -0.05) is 30.3 Å². The number of carbonyl (C=O) groups excluding carboxylic acids is 1. The van der Waals surface area contributed by atoms with Crippen molar-refractivity contribution in [1.29, 1.82) is 0 Å². The molecule has 0 saturated carbocycles. The number of fused-ring (bicyclic) bond motifs is 1. The van der Waals surface area contributed by atoms with Gasteiger partial charge in [-0.3, -0.25) is 9.36 Å². The van der Waals surface area contributed by atoms with Gasteiger partial charge in [0.1, 0.15) is 11.6 Å². The van der Waals surface area contributed by atoms with Crippen LogP contribution < -0.4 is 4.74 Å². The molecule has 1 heterocycles. The van der Waals surface area contributed by atoms with E-state index in [-0.39, 0.29) is 29.2 Å². The van der Waals surface area contributed by atoms with Gasteiger partial charge in [0, 0.05) is 18.7 Å². The van der Waals surface area contributed by atoms with Crippen molar-refractivity contribution in [3.05, 3.63) is 66.0 Å². The number of rotatable bonds is 7. The van der Waals surface area contributed by atoms with Crippen molar-refractivity contribution in [2.24, 2.45) is 0 Å². The first kappa shape index (κ1) is 20.4. The molecule has 0 aliphatic rings. The molecule has 1 amide bonds. The third-order valence-electron chi connectivity index (χ3n) is 4.16. The van der Waals surface area contributed by atoms with Crippen LogP contribution in [0.2, 0.25) is 0 Å². The highest BCUT2D eigenvalue weighted by molar-refractivity contribution is 5.92. The summed E-state index contributed by atoms with van der Waals surface area (Å²) < 4.78 is 57.1. The normalized spacial score (nSPS) is 11.7. The van der Waals surface area contributed by atoms with Crippen molar-refractivity contribution in [3.63, 3.8) is 0 Å². The second kappa shape index (κ2) is 8.76. The fraction of sp³-hybridized carbons (Fsp3) is 0.200. The van der Waals surface area contributed by atoms with Crippen LogP contribution in [-0.4, -0.2) is 34.0 Å². The Bertz CT molecular complexity index is 1030. The molecule has 0 aliphatic heterocycles. The van der Waals surface area contributed by atoms with E-state index in [1.165, 1.54) is 42.3 Å². The molecule has 0 spiro atoms. The number of hydrogen-bond acceptors (Lipinski definition) is 3. The second-order valence-corrected chi connectivity index (χ2v) is 6.11. The summed E-state index contributed by atoms with van der Waals surface area (Å²) in [6, 6.07) is 12.4. The molecule has 0 atom stereocenters. The fourth-order valence-electron chi connectivity index (χ4n) is 2.82. The Morgan fingerprint density at radius 3 is 2.55 bits per heavy atom. The van der Waals surface area contributed by atoms with E-state index < -0.39 is 19.1 Å². The molecule has 5 nitrogen and oxygen atoms in total. The molecule has 9 heteroatoms. The maximum absolute atomic E-state index is 13.5. The zero-order valence-corrected chi connectivity index (χ0v) is 15.3. The number of amides is 1. The van der Waals surface area contributed by atoms with Gasteiger partial charge in [0.15, 0.2) is 0 Å². The highest BCUT2D eigenvalue weighted by Crippen LogP contribution is 2.24. The van der Waals surface area contributed by atoms with Crippen LogP contribution in [0.1, 0.15) is 17.9 Å². The van der Waals surface area contributed by atoms with Crippen LogP contribution in [0.3, 0.4) is 0 Å². The van der Waals surface area contributed by atoms with Crippen molar-refractivity contribution < 1.29 is 27.1 Å². The molecule has 0 N–H and O–H groups in total. The molecule has 0 radical (unpaired) electrons. The van der Waals surface area contributed by atoms with Gasteiger partial charge >= 0.3 is 13.2 Å². The monoisotopic (exact) mass is 407 g/mol. The van der Waals surface area contributed by atoms with Gasteiger partial charge in [0.05, 0.1) is 17.6 Å². The molecule has 0 bridgehead atoms. The van der Waals surface area contributed by atoms with Gasteiger partial charge in [-0.25, -0.2) is 4.98 Å². The van der Waals surface area contributed by atoms with Gasteiger partial charge in [0.25, 0.3) is 0 Å². The molecular weight excluding hydrogens is 390 g/mol. The predicted molar refractivity (Wildman–Crippen MR) is 99.6 cm³/mol. The average molecular weight is 407 g/mol. The first-order valence-electron chi connectivity index (χ1n) is 8.58. The number of aromatic nitrogens is 2. The molecular formula is C20H17F4N3O2. The van der Waals surface area contributed by atoms with Gasteiger partial charge in [0.2, 0.25) is 5.91 Å². The lowest BCUT2D eigenvalue weighted by Crippen LogP contribution is -2.26. The highest BCUT2D eigenvalue weighted by Gasteiger charge is 2.19. The van der Waals surface area contributed by atoms with Crippen molar-refractivity contribution >= 4 is 23.0 Å². The van der Waals surface area contributed by atoms with Gasteiger partial charge in [-0.2, -0.15) is 17.6 Å². The minimum absolute atomic E-state index is 0.0342. The Labute approximate surface area is 163 Å². The smallest absolute Gasteiger partial charge is 0.387 e. The number of likely N-dealkylation sites (N-methyl/N-ethyl adjacent to an activating group) is 1. The number of para-hydroxylation sites is 3. The number of ether oxygens (including phenoxy) is 1. The largest absolute Gasteiger partial charge is 0.434 e. The standard InChI is InChI=1S/C20H17F4N3O2/c1-26(12-17-25-14-7-3-4-8-15(14)27(17)19(21)22)18(28)11-10-13-6-2-5-9-16(13)29-20(23)24/h2-11,19-20H,12H2,1H3/b11-10+. The van der Waals surface area contributed by atoms with E-state index >= 15 is 0 Å². The Balaban J connectivity index is 1.78. The van der Waals surface area contributed by atoms with Crippen LogP contribution in [-0.2, 0) is 11.3 Å². The quantitative estimate of drug-likeness (QED) is 0.421. The van der Waals surface area contributed by atoms with Crippen LogP contribution in [0.15, 0.2) is 54.6 Å². The molecule has 2 aromatic carbocycles. The number of alkyl halides is 4. The summed E-state index contributed by atoms with van der Waals surface area (Å²) >= 11 is 0. The number of carbonyl (C=O) groups is 1. The molecule has 152 valence electrons. The van der Waals surface area contributed by atoms with Gasteiger partial charge < -0.3 is 9.64 Å². The van der Waals surface area contributed by atoms with Crippen LogP contribution in [0.4, 0.5) is 17.6 Å². The third kappa shape index (κ3) is 4.74. The molecule has 0 fully saturated rings. The van der Waals surface area contributed by atoms with Gasteiger partial charge in [-0.15, -0.1) is 0 Å². The summed E-state index contributed by atoms with van der Waals surface area (Å²) in [6.45, 7) is -5.96. The zero-order valence-electron chi connectivity index (χ0n) is 15.3. The molecule has 1 aromatic heterocycles. The Kier molecular flexibility index (Phi) is 6.16. The molecule has 3 rings (SSSR count).